The van der Waals surface area contributed by atoms with Crippen molar-refractivity contribution in [2.75, 3.05) is 13.1 Å². The number of pyridine rings is 1. The molecule has 0 aliphatic carbocycles. The average Bonchev–Trinajstić information content (AvgIpc) is 2.98. The minimum atomic E-state index is 0.432. The first-order chi connectivity index (χ1) is 11.7. The van der Waals surface area contributed by atoms with Gasteiger partial charge in [-0.2, -0.15) is 0 Å². The Hall–Kier alpha value is -1.62. The summed E-state index contributed by atoms with van der Waals surface area (Å²) in [4.78, 5) is 2.50. The van der Waals surface area contributed by atoms with Gasteiger partial charge in [0.1, 0.15) is 0 Å². The second kappa shape index (κ2) is 6.71. The van der Waals surface area contributed by atoms with Gasteiger partial charge in [-0.3, -0.25) is 10.1 Å². The summed E-state index contributed by atoms with van der Waals surface area (Å²) in [5.41, 5.74) is 2.39. The van der Waals surface area contributed by atoms with Gasteiger partial charge in [-0.05, 0) is 66.5 Å². The van der Waals surface area contributed by atoms with E-state index in [1.165, 1.54) is 20.4 Å². The summed E-state index contributed by atoms with van der Waals surface area (Å²) < 4.78 is 2.57. The number of aromatic nitrogens is 1. The number of benzene rings is 1. The lowest BCUT2D eigenvalue weighted by Crippen LogP contribution is -2.40. The van der Waals surface area contributed by atoms with Crippen LogP contribution in [0.1, 0.15) is 30.0 Å². The van der Waals surface area contributed by atoms with Crippen molar-refractivity contribution in [1.29, 1.82) is 0 Å². The van der Waals surface area contributed by atoms with Crippen molar-refractivity contribution in [2.45, 2.75) is 25.3 Å². The van der Waals surface area contributed by atoms with Crippen molar-refractivity contribution in [3.63, 3.8) is 0 Å². The molecule has 1 fully saturated rings. The normalized spacial score (nSPS) is 16.7. The summed E-state index contributed by atoms with van der Waals surface area (Å²) in [7, 11) is 0. The van der Waals surface area contributed by atoms with Crippen LogP contribution in [-0.4, -0.2) is 23.2 Å². The highest BCUT2D eigenvalue weighted by Crippen LogP contribution is 2.31. The van der Waals surface area contributed by atoms with Gasteiger partial charge in [0.2, 0.25) is 11.9 Å². The lowest BCUT2D eigenvalue weighted by Gasteiger charge is -2.30. The quantitative estimate of drug-likeness (QED) is 0.552. The van der Waals surface area contributed by atoms with Crippen LogP contribution >= 0.6 is 22.9 Å². The molecular weight excluding hydrogens is 340 g/mol. The van der Waals surface area contributed by atoms with Gasteiger partial charge in [-0.15, -0.1) is 11.3 Å². The van der Waals surface area contributed by atoms with E-state index in [-0.39, 0.29) is 0 Å². The molecule has 0 unspecified atom stereocenters. The zero-order valence-electron chi connectivity index (χ0n) is 13.4. The molecule has 24 heavy (non-hydrogen) atoms. The maximum atomic E-state index is 9.97. The van der Waals surface area contributed by atoms with Gasteiger partial charge in [0.25, 0.3) is 0 Å². The number of hydrogen-bond donors (Lipinski definition) is 1. The van der Waals surface area contributed by atoms with Crippen LogP contribution in [-0.2, 0) is 6.54 Å². The highest BCUT2D eigenvalue weighted by molar-refractivity contribution is 7.17. The van der Waals surface area contributed by atoms with Crippen LogP contribution in [0.3, 0.4) is 0 Å². The lowest BCUT2D eigenvalue weighted by atomic mass is 9.92. The van der Waals surface area contributed by atoms with Crippen LogP contribution in [0.15, 0.2) is 48.0 Å². The van der Waals surface area contributed by atoms with E-state index >= 15 is 0 Å². The van der Waals surface area contributed by atoms with Crippen LogP contribution in [0.5, 0.6) is 0 Å². The molecule has 1 N–H and O–H groups in total. The predicted octanol–water partition coefficient (Wildman–Crippen LogP) is 4.46. The number of piperidine rings is 1. The Morgan fingerprint density at radius 3 is 2.83 bits per heavy atom. The summed E-state index contributed by atoms with van der Waals surface area (Å²) in [5, 5.41) is 14.3. The van der Waals surface area contributed by atoms with Crippen LogP contribution in [0.4, 0.5) is 0 Å². The Kier molecular flexibility index (Phi) is 4.44. The Morgan fingerprint density at radius 2 is 2.04 bits per heavy atom. The third kappa shape index (κ3) is 3.14. The van der Waals surface area contributed by atoms with E-state index in [0.29, 0.717) is 5.92 Å². The van der Waals surface area contributed by atoms with E-state index in [2.05, 4.69) is 22.4 Å². The van der Waals surface area contributed by atoms with Crippen LogP contribution < -0.4 is 4.73 Å². The SMILES string of the molecule is O[n+]1ccccc1C1CCN(Cc2csc3ccc(Cl)cc23)CC1. The molecular formula is C19H20ClN2OS+. The number of thiophene rings is 1. The zero-order valence-corrected chi connectivity index (χ0v) is 14.9. The second-order valence-corrected chi connectivity index (χ2v) is 7.77. The molecule has 1 saturated heterocycles. The van der Waals surface area contributed by atoms with Crippen LogP contribution in [0, 0.1) is 0 Å². The van der Waals surface area contributed by atoms with Crippen molar-refractivity contribution in [3.8, 4) is 0 Å². The number of rotatable bonds is 3. The first-order valence-electron chi connectivity index (χ1n) is 8.28. The van der Waals surface area contributed by atoms with Gasteiger partial charge in [0.05, 0.1) is 5.92 Å². The fraction of sp³-hybridized carbons (Fsp3) is 0.316. The highest BCUT2D eigenvalue weighted by Gasteiger charge is 2.27. The minimum absolute atomic E-state index is 0.432. The molecule has 0 spiro atoms. The largest absolute Gasteiger partial charge is 0.299 e. The zero-order chi connectivity index (χ0) is 16.5. The van der Waals surface area contributed by atoms with Crippen LogP contribution in [0.2, 0.25) is 5.02 Å². The summed E-state index contributed by atoms with van der Waals surface area (Å²) in [5.74, 6) is 0.432. The molecule has 0 bridgehead atoms. The number of fused-ring (bicyclic) bond motifs is 1. The molecule has 1 aromatic carbocycles. The molecule has 3 nitrogen and oxygen atoms in total. The maximum absolute atomic E-state index is 9.97. The van der Waals surface area contributed by atoms with E-state index in [4.69, 9.17) is 11.6 Å². The third-order valence-electron chi connectivity index (χ3n) is 4.89. The van der Waals surface area contributed by atoms with E-state index in [9.17, 15) is 5.21 Å². The standard InChI is InChI=1S/C19H20ClN2OS/c20-16-4-5-19-17(11-16)15(13-24-19)12-21-9-6-14(7-10-21)18-3-1-2-8-22(18)23/h1-5,8,11,13-14,23H,6-7,9-10,12H2/q+1. The van der Waals surface area contributed by atoms with Gasteiger partial charge in [-0.1, -0.05) is 11.6 Å². The molecule has 1 aliphatic rings. The molecule has 2 aromatic heterocycles. The summed E-state index contributed by atoms with van der Waals surface area (Å²) in [6.45, 7) is 3.08. The smallest absolute Gasteiger partial charge is 0.237 e. The Labute approximate surface area is 150 Å². The average molecular weight is 360 g/mol. The van der Waals surface area contributed by atoms with Crippen molar-refractivity contribution >= 4 is 33.0 Å². The minimum Gasteiger partial charge on any atom is -0.299 e. The van der Waals surface area contributed by atoms with Gasteiger partial charge >= 0.3 is 0 Å². The molecule has 1 aliphatic heterocycles. The summed E-state index contributed by atoms with van der Waals surface area (Å²) in [6.07, 6.45) is 3.86. The molecule has 3 aromatic rings. The third-order valence-corrected chi connectivity index (χ3v) is 6.13. The van der Waals surface area contributed by atoms with Crippen molar-refractivity contribution in [3.05, 3.63) is 64.3 Å². The topological polar surface area (TPSA) is 27.4 Å². The molecule has 3 heterocycles. The van der Waals surface area contributed by atoms with Gasteiger partial charge in [0, 0.05) is 33.1 Å². The van der Waals surface area contributed by atoms with E-state index < -0.39 is 0 Å². The number of likely N-dealkylation sites (tertiary alicyclic amines) is 1. The van der Waals surface area contributed by atoms with Crippen molar-refractivity contribution in [1.82, 2.24) is 4.90 Å². The summed E-state index contributed by atoms with van der Waals surface area (Å²) in [6, 6.07) is 12.0. The molecule has 0 radical (unpaired) electrons. The molecule has 0 amide bonds. The Morgan fingerprint density at radius 1 is 1.21 bits per heavy atom. The maximum Gasteiger partial charge on any atom is 0.237 e. The number of hydrogen-bond acceptors (Lipinski definition) is 3. The fourth-order valence-electron chi connectivity index (χ4n) is 3.58. The van der Waals surface area contributed by atoms with Gasteiger partial charge in [-0.25, -0.2) is 0 Å². The van der Waals surface area contributed by atoms with E-state index in [0.717, 1.165) is 43.2 Å². The van der Waals surface area contributed by atoms with Crippen LogP contribution in [0.25, 0.3) is 10.1 Å². The predicted molar refractivity (Wildman–Crippen MR) is 97.9 cm³/mol. The van der Waals surface area contributed by atoms with E-state index in [1.807, 2.05) is 24.3 Å². The number of halogens is 1. The first kappa shape index (κ1) is 15.9. The Balaban J connectivity index is 1.44. The summed E-state index contributed by atoms with van der Waals surface area (Å²) >= 11 is 7.95. The monoisotopic (exact) mass is 359 g/mol. The fourth-order valence-corrected chi connectivity index (χ4v) is 4.68. The Bertz CT molecular complexity index is 855. The van der Waals surface area contributed by atoms with E-state index in [1.54, 1.807) is 17.5 Å². The highest BCUT2D eigenvalue weighted by atomic mass is 35.5. The lowest BCUT2D eigenvalue weighted by molar-refractivity contribution is -0.910. The second-order valence-electron chi connectivity index (χ2n) is 6.42. The first-order valence-corrected chi connectivity index (χ1v) is 9.54. The van der Waals surface area contributed by atoms with Gasteiger partial charge in [0.15, 0.2) is 0 Å². The molecule has 4 rings (SSSR count). The molecule has 0 saturated carbocycles. The number of nitrogens with zero attached hydrogens (tertiary/aromatic N) is 2. The van der Waals surface area contributed by atoms with Crippen molar-refractivity contribution in [2.24, 2.45) is 0 Å². The van der Waals surface area contributed by atoms with Gasteiger partial charge < -0.3 is 0 Å². The molecule has 0 atom stereocenters. The molecule has 5 heteroatoms. The molecule has 124 valence electrons. The van der Waals surface area contributed by atoms with Crippen molar-refractivity contribution < 1.29 is 9.94 Å².